The maximum Gasteiger partial charge on any atom is 0.0412 e. The van der Waals surface area contributed by atoms with Crippen molar-refractivity contribution >= 4 is 17.7 Å². The molecule has 0 fully saturated rings. The molecule has 0 nitrogen and oxygen atoms in total. The van der Waals surface area contributed by atoms with Gasteiger partial charge in [-0.3, -0.25) is 0 Å². The molecule has 1 heteroatoms. The van der Waals surface area contributed by atoms with Gasteiger partial charge in [-0.15, -0.1) is 0 Å². The van der Waals surface area contributed by atoms with Crippen LogP contribution in [0.2, 0.25) is 5.02 Å². The molecule has 0 aromatic heterocycles. The number of hydrogen-bond acceptors (Lipinski definition) is 0. The summed E-state index contributed by atoms with van der Waals surface area (Å²) in [7, 11) is 0. The van der Waals surface area contributed by atoms with Crippen molar-refractivity contribution in [2.24, 2.45) is 0 Å². The van der Waals surface area contributed by atoms with Gasteiger partial charge in [-0.1, -0.05) is 80.1 Å². The Morgan fingerprint density at radius 1 is 0.800 bits per heavy atom. The molecule has 0 saturated heterocycles. The number of hydrogen-bond donors (Lipinski definition) is 0. The maximum atomic E-state index is 6.20. The minimum Gasteiger partial charge on any atom is -0.0870 e. The van der Waals surface area contributed by atoms with Crippen molar-refractivity contribution in [3.63, 3.8) is 0 Å². The quantitative estimate of drug-likeness (QED) is 0.456. The third-order valence-corrected chi connectivity index (χ3v) is 5.49. The van der Waals surface area contributed by atoms with Crippen molar-refractivity contribution in [2.45, 2.75) is 26.2 Å². The van der Waals surface area contributed by atoms with Gasteiger partial charge in [0.2, 0.25) is 0 Å². The number of allylic oxidation sites excluding steroid dienone is 1. The predicted molar refractivity (Wildman–Crippen MR) is 109 cm³/mol. The van der Waals surface area contributed by atoms with Crippen molar-refractivity contribution in [1.82, 2.24) is 0 Å². The maximum absolute atomic E-state index is 6.20. The van der Waals surface area contributed by atoms with Gasteiger partial charge >= 0.3 is 0 Å². The molecule has 3 aromatic carbocycles. The van der Waals surface area contributed by atoms with Gasteiger partial charge in [-0.25, -0.2) is 0 Å². The fourth-order valence-corrected chi connectivity index (χ4v) is 4.18. The van der Waals surface area contributed by atoms with Crippen LogP contribution in [0.15, 0.2) is 66.7 Å². The third-order valence-electron chi connectivity index (χ3n) is 5.25. The number of fused-ring (bicyclic) bond motifs is 3. The highest BCUT2D eigenvalue weighted by atomic mass is 35.5. The minimum absolute atomic E-state index is 0.0522. The van der Waals surface area contributed by atoms with Crippen LogP contribution < -0.4 is 0 Å². The highest BCUT2D eigenvalue weighted by molar-refractivity contribution is 6.30. The van der Waals surface area contributed by atoms with Crippen LogP contribution in [0.3, 0.4) is 0 Å². The van der Waals surface area contributed by atoms with Gasteiger partial charge in [0.15, 0.2) is 0 Å². The molecule has 0 unspecified atom stereocenters. The van der Waals surface area contributed by atoms with Crippen LogP contribution >= 0.6 is 11.6 Å². The Kier molecular flexibility index (Phi) is 3.81. The van der Waals surface area contributed by atoms with E-state index in [2.05, 4.69) is 74.5 Å². The van der Waals surface area contributed by atoms with Crippen molar-refractivity contribution in [3.8, 4) is 22.3 Å². The Morgan fingerprint density at radius 3 is 2.36 bits per heavy atom. The first-order chi connectivity index (χ1) is 12.0. The Hall–Kier alpha value is -2.31. The molecule has 0 spiro atoms. The number of benzene rings is 3. The first-order valence-corrected chi connectivity index (χ1v) is 9.07. The zero-order valence-electron chi connectivity index (χ0n) is 14.8. The van der Waals surface area contributed by atoms with E-state index in [-0.39, 0.29) is 5.41 Å². The van der Waals surface area contributed by atoms with Crippen molar-refractivity contribution in [1.29, 1.82) is 0 Å². The number of halogens is 1. The lowest BCUT2D eigenvalue weighted by atomic mass is 9.82. The fourth-order valence-electron chi connectivity index (χ4n) is 4.00. The summed E-state index contributed by atoms with van der Waals surface area (Å²) in [6.45, 7) is 6.65. The molecule has 124 valence electrons. The lowest BCUT2D eigenvalue weighted by Gasteiger charge is -2.21. The van der Waals surface area contributed by atoms with Gasteiger partial charge in [-0.05, 0) is 64.1 Å². The van der Waals surface area contributed by atoms with Gasteiger partial charge in [0.05, 0.1) is 0 Å². The van der Waals surface area contributed by atoms with E-state index >= 15 is 0 Å². The second-order valence-corrected chi connectivity index (χ2v) is 7.60. The Balaban J connectivity index is 1.93. The average Bonchev–Trinajstić information content (AvgIpc) is 2.83. The summed E-state index contributed by atoms with van der Waals surface area (Å²) in [6, 6.07) is 21.7. The molecule has 0 bridgehead atoms. The second kappa shape index (κ2) is 5.89. The molecule has 0 saturated carbocycles. The van der Waals surface area contributed by atoms with Crippen LogP contribution in [0.4, 0.5) is 0 Å². The standard InChI is InChI=1S/C24H21Cl/c1-4-7-16-14-18(25)11-12-19(16)17-10-13-23-21(15-17)20-8-5-6-9-22(20)24(23,2)3/h4-15H,1-3H3/b7-4+. The SMILES string of the molecule is C/C=C/c1cc(Cl)ccc1-c1ccc2c(c1)-c1ccccc1C2(C)C. The summed E-state index contributed by atoms with van der Waals surface area (Å²) < 4.78 is 0. The minimum atomic E-state index is 0.0522. The van der Waals surface area contributed by atoms with E-state index < -0.39 is 0 Å². The van der Waals surface area contributed by atoms with Gasteiger partial charge in [-0.2, -0.15) is 0 Å². The number of rotatable bonds is 2. The zero-order chi connectivity index (χ0) is 17.6. The van der Waals surface area contributed by atoms with Gasteiger partial charge < -0.3 is 0 Å². The monoisotopic (exact) mass is 344 g/mol. The fraction of sp³-hybridized carbons (Fsp3) is 0.167. The Bertz CT molecular complexity index is 993. The Morgan fingerprint density at radius 2 is 1.56 bits per heavy atom. The first kappa shape index (κ1) is 16.2. The normalized spacial score (nSPS) is 14.6. The van der Waals surface area contributed by atoms with E-state index in [1.807, 2.05) is 19.1 Å². The van der Waals surface area contributed by atoms with E-state index in [0.29, 0.717) is 0 Å². The third kappa shape index (κ3) is 2.53. The molecule has 0 radical (unpaired) electrons. The van der Waals surface area contributed by atoms with Crippen LogP contribution in [0, 0.1) is 0 Å². The molecular weight excluding hydrogens is 324 g/mol. The van der Waals surface area contributed by atoms with Crippen LogP contribution in [0.25, 0.3) is 28.3 Å². The molecule has 0 aliphatic heterocycles. The molecular formula is C24H21Cl. The van der Waals surface area contributed by atoms with Crippen LogP contribution in [-0.4, -0.2) is 0 Å². The second-order valence-electron chi connectivity index (χ2n) is 7.16. The van der Waals surface area contributed by atoms with E-state index in [9.17, 15) is 0 Å². The molecule has 1 aliphatic carbocycles. The van der Waals surface area contributed by atoms with E-state index in [1.54, 1.807) is 0 Å². The zero-order valence-corrected chi connectivity index (χ0v) is 15.6. The topological polar surface area (TPSA) is 0 Å². The smallest absolute Gasteiger partial charge is 0.0412 e. The Labute approximate surface area is 154 Å². The van der Waals surface area contributed by atoms with E-state index in [1.165, 1.54) is 33.4 Å². The van der Waals surface area contributed by atoms with Gasteiger partial charge in [0.1, 0.15) is 0 Å². The summed E-state index contributed by atoms with van der Waals surface area (Å²) in [5.74, 6) is 0. The largest absolute Gasteiger partial charge is 0.0870 e. The molecule has 4 rings (SSSR count). The summed E-state index contributed by atoms with van der Waals surface area (Å²) in [5.41, 5.74) is 9.16. The average molecular weight is 345 g/mol. The molecule has 3 aromatic rings. The lowest BCUT2D eigenvalue weighted by molar-refractivity contribution is 0.660. The molecule has 0 atom stereocenters. The van der Waals surface area contributed by atoms with Crippen molar-refractivity contribution < 1.29 is 0 Å². The van der Waals surface area contributed by atoms with Crippen LogP contribution in [-0.2, 0) is 5.41 Å². The molecule has 0 heterocycles. The summed E-state index contributed by atoms with van der Waals surface area (Å²) >= 11 is 6.20. The summed E-state index contributed by atoms with van der Waals surface area (Å²) in [4.78, 5) is 0. The molecule has 0 amide bonds. The molecule has 25 heavy (non-hydrogen) atoms. The lowest BCUT2D eigenvalue weighted by Crippen LogP contribution is -2.14. The first-order valence-electron chi connectivity index (χ1n) is 8.69. The highest BCUT2D eigenvalue weighted by Gasteiger charge is 2.35. The predicted octanol–water partition coefficient (Wildman–Crippen LogP) is 7.35. The van der Waals surface area contributed by atoms with Crippen LogP contribution in [0.5, 0.6) is 0 Å². The van der Waals surface area contributed by atoms with E-state index in [0.717, 1.165) is 10.6 Å². The molecule has 1 aliphatic rings. The molecule has 0 N–H and O–H groups in total. The van der Waals surface area contributed by atoms with Crippen LogP contribution in [0.1, 0.15) is 37.5 Å². The van der Waals surface area contributed by atoms with E-state index in [4.69, 9.17) is 11.6 Å². The summed E-state index contributed by atoms with van der Waals surface area (Å²) in [5, 5.41) is 0.768. The van der Waals surface area contributed by atoms with Gasteiger partial charge in [0.25, 0.3) is 0 Å². The van der Waals surface area contributed by atoms with Crippen molar-refractivity contribution in [2.75, 3.05) is 0 Å². The summed E-state index contributed by atoms with van der Waals surface area (Å²) in [6.07, 6.45) is 4.17. The van der Waals surface area contributed by atoms with Gasteiger partial charge in [0, 0.05) is 10.4 Å². The highest BCUT2D eigenvalue weighted by Crippen LogP contribution is 2.49. The van der Waals surface area contributed by atoms with Crippen molar-refractivity contribution in [3.05, 3.63) is 88.5 Å².